The number of carbonyl (C=O) groups excluding carboxylic acids is 4. The molecule has 0 aliphatic rings. The molecule has 13 nitrogen and oxygen atoms in total. The maximum absolute atomic E-state index is 13.5. The van der Waals surface area contributed by atoms with Crippen molar-refractivity contribution in [3.63, 3.8) is 0 Å². The topological polar surface area (TPSA) is 152 Å². The molecule has 0 amide bonds. The molecule has 0 heterocycles. The van der Waals surface area contributed by atoms with Crippen LogP contribution in [0.2, 0.25) is 0 Å². The first-order chi connectivity index (χ1) is 20.9. The van der Waals surface area contributed by atoms with Gasteiger partial charge in [-0.25, -0.2) is 0 Å². The molecule has 0 saturated carbocycles. The predicted molar refractivity (Wildman–Crippen MR) is 179 cm³/mol. The number of aliphatic carboxylic acids is 1. The molecule has 0 fully saturated rings. The number of ether oxygens (including phenoxy) is 4. The van der Waals surface area contributed by atoms with Crippen molar-refractivity contribution >= 4 is 29.8 Å². The largest absolute Gasteiger partial charge is 0.480 e. The van der Waals surface area contributed by atoms with E-state index in [-0.39, 0.29) is 52.4 Å². The zero-order valence-corrected chi connectivity index (χ0v) is 31.7. The maximum Gasteiger partial charge on any atom is 0.324 e. The van der Waals surface area contributed by atoms with E-state index >= 15 is 0 Å². The van der Waals surface area contributed by atoms with E-state index in [1.165, 1.54) is 0 Å². The number of nitrogens with zero attached hydrogens (tertiary/aromatic N) is 3. The highest BCUT2D eigenvalue weighted by molar-refractivity contribution is 5.79. The van der Waals surface area contributed by atoms with E-state index in [1.54, 1.807) is 97.8 Å². The summed E-state index contributed by atoms with van der Waals surface area (Å²) < 4.78 is 22.2. The van der Waals surface area contributed by atoms with Crippen molar-refractivity contribution < 1.29 is 48.0 Å². The maximum atomic E-state index is 13.5. The van der Waals surface area contributed by atoms with Crippen LogP contribution in [0.25, 0.3) is 0 Å². The van der Waals surface area contributed by atoms with E-state index < -0.39 is 63.7 Å². The Bertz CT molecular complexity index is 1030. The van der Waals surface area contributed by atoms with E-state index in [0.29, 0.717) is 0 Å². The highest BCUT2D eigenvalue weighted by atomic mass is 16.6. The molecule has 0 bridgehead atoms. The van der Waals surface area contributed by atoms with Gasteiger partial charge in [0.2, 0.25) is 0 Å². The van der Waals surface area contributed by atoms with E-state index in [1.807, 2.05) is 20.8 Å². The first-order valence-electron chi connectivity index (χ1n) is 16.2. The lowest BCUT2D eigenvalue weighted by Gasteiger charge is -2.40. The van der Waals surface area contributed by atoms with Crippen molar-refractivity contribution in [1.82, 2.24) is 14.7 Å². The average Bonchev–Trinajstić information content (AvgIpc) is 2.73. The molecule has 0 aromatic carbocycles. The summed E-state index contributed by atoms with van der Waals surface area (Å²) >= 11 is 0. The average molecular weight is 674 g/mol. The normalized spacial score (nSPS) is 13.8. The van der Waals surface area contributed by atoms with Crippen LogP contribution in [0.4, 0.5) is 0 Å². The SMILES string of the molecule is CC(C)(C)OC(=O)CN(CCN(CCN(CC(=O)OC(C)(C)C)C(C(=O)OC(C)(C)C)C(C)(C)C)CC(=O)O)CC(=O)OC(C)(C)C. The molecule has 0 saturated heterocycles. The first-order valence-corrected chi connectivity index (χ1v) is 16.2. The van der Waals surface area contributed by atoms with Crippen molar-refractivity contribution in [3.05, 3.63) is 0 Å². The number of hydrogen-bond donors (Lipinski definition) is 1. The monoisotopic (exact) mass is 673 g/mol. The summed E-state index contributed by atoms with van der Waals surface area (Å²) in [6.45, 7) is 26.1. The van der Waals surface area contributed by atoms with Gasteiger partial charge in [0, 0.05) is 26.2 Å². The van der Waals surface area contributed by atoms with Gasteiger partial charge in [-0.1, -0.05) is 20.8 Å². The Morgan fingerprint density at radius 3 is 1.17 bits per heavy atom. The quantitative estimate of drug-likeness (QED) is 0.187. The number of esters is 4. The fourth-order valence-corrected chi connectivity index (χ4v) is 4.59. The third-order valence-corrected chi connectivity index (χ3v) is 5.91. The molecule has 0 spiro atoms. The summed E-state index contributed by atoms with van der Waals surface area (Å²) in [6.07, 6.45) is 0. The lowest BCUT2D eigenvalue weighted by Crippen LogP contribution is -2.55. The van der Waals surface area contributed by atoms with Gasteiger partial charge in [-0.15, -0.1) is 0 Å². The third kappa shape index (κ3) is 22.4. The van der Waals surface area contributed by atoms with Crippen LogP contribution < -0.4 is 0 Å². The van der Waals surface area contributed by atoms with Gasteiger partial charge in [0.05, 0.1) is 26.2 Å². The van der Waals surface area contributed by atoms with Crippen LogP contribution in [-0.2, 0) is 42.9 Å². The number of rotatable bonds is 16. The molecule has 0 rings (SSSR count). The van der Waals surface area contributed by atoms with Crippen LogP contribution in [0.15, 0.2) is 0 Å². The highest BCUT2D eigenvalue weighted by Gasteiger charge is 2.41. The molecular weight excluding hydrogens is 610 g/mol. The Hall–Kier alpha value is -2.77. The zero-order valence-electron chi connectivity index (χ0n) is 31.7. The molecule has 0 aromatic heterocycles. The van der Waals surface area contributed by atoms with Crippen molar-refractivity contribution in [2.24, 2.45) is 5.41 Å². The van der Waals surface area contributed by atoms with Crippen molar-refractivity contribution in [3.8, 4) is 0 Å². The van der Waals surface area contributed by atoms with Crippen molar-refractivity contribution in [1.29, 1.82) is 0 Å². The second-order valence-electron chi connectivity index (χ2n) is 16.9. The van der Waals surface area contributed by atoms with Gasteiger partial charge in [-0.2, -0.15) is 0 Å². The highest BCUT2D eigenvalue weighted by Crippen LogP contribution is 2.28. The summed E-state index contributed by atoms with van der Waals surface area (Å²) in [5, 5.41) is 9.72. The van der Waals surface area contributed by atoms with Crippen LogP contribution >= 0.6 is 0 Å². The lowest BCUT2D eigenvalue weighted by molar-refractivity contribution is -0.169. The zero-order chi connectivity index (χ0) is 37.2. The minimum absolute atomic E-state index is 0.117. The fraction of sp³-hybridized carbons (Fsp3) is 0.853. The second-order valence-corrected chi connectivity index (χ2v) is 16.9. The summed E-state index contributed by atoms with van der Waals surface area (Å²) in [4.78, 5) is 68.7. The van der Waals surface area contributed by atoms with E-state index in [4.69, 9.17) is 18.9 Å². The van der Waals surface area contributed by atoms with Gasteiger partial charge in [0.15, 0.2) is 0 Å². The van der Waals surface area contributed by atoms with Gasteiger partial charge in [-0.3, -0.25) is 38.7 Å². The van der Waals surface area contributed by atoms with Crippen LogP contribution in [0, 0.1) is 5.41 Å². The van der Waals surface area contributed by atoms with Gasteiger partial charge in [0.1, 0.15) is 28.4 Å². The van der Waals surface area contributed by atoms with E-state index in [2.05, 4.69) is 0 Å². The Labute approximate surface area is 282 Å². The first kappa shape index (κ1) is 44.2. The molecule has 274 valence electrons. The van der Waals surface area contributed by atoms with Gasteiger partial charge in [0.25, 0.3) is 0 Å². The lowest BCUT2D eigenvalue weighted by atomic mass is 9.85. The molecule has 0 aliphatic heterocycles. The third-order valence-electron chi connectivity index (χ3n) is 5.91. The van der Waals surface area contributed by atoms with E-state index in [0.717, 1.165) is 0 Å². The summed E-state index contributed by atoms with van der Waals surface area (Å²) in [5.74, 6) is -3.23. The minimum Gasteiger partial charge on any atom is -0.480 e. The molecule has 1 unspecified atom stereocenters. The van der Waals surface area contributed by atoms with E-state index in [9.17, 15) is 29.1 Å². The predicted octanol–water partition coefficient (Wildman–Crippen LogP) is 3.76. The molecule has 0 aromatic rings. The Balaban J connectivity index is 6.26. The van der Waals surface area contributed by atoms with Gasteiger partial charge < -0.3 is 24.1 Å². The van der Waals surface area contributed by atoms with Crippen molar-refractivity contribution in [2.45, 2.75) is 132 Å². The molecular formula is C34H63N3O10. The Morgan fingerprint density at radius 1 is 0.489 bits per heavy atom. The minimum atomic E-state index is -1.09. The summed E-state index contributed by atoms with van der Waals surface area (Å²) in [5.41, 5.74) is -3.68. The van der Waals surface area contributed by atoms with Gasteiger partial charge in [-0.05, 0) is 88.5 Å². The van der Waals surface area contributed by atoms with Crippen LogP contribution in [0.3, 0.4) is 0 Å². The molecule has 47 heavy (non-hydrogen) atoms. The molecule has 13 heteroatoms. The summed E-state index contributed by atoms with van der Waals surface area (Å²) in [7, 11) is 0. The second kappa shape index (κ2) is 17.6. The van der Waals surface area contributed by atoms with Crippen molar-refractivity contribution in [2.75, 3.05) is 52.4 Å². The van der Waals surface area contributed by atoms with Gasteiger partial charge >= 0.3 is 29.8 Å². The molecule has 0 radical (unpaired) electrons. The molecule has 1 N–H and O–H groups in total. The van der Waals surface area contributed by atoms with Crippen LogP contribution in [0.5, 0.6) is 0 Å². The summed E-state index contributed by atoms with van der Waals surface area (Å²) in [6, 6.07) is -0.864. The standard InChI is InChI=1S/C34H63N3O10/c1-30(2,3)28(29(43)47-34(13,14)15)37(23-27(42)46-33(10,11)12)19-18-35(20-24(38)39)16-17-36(21-25(40)44-31(4,5)6)22-26(41)45-32(7,8)9/h28H,16-23H2,1-15H3,(H,38,39). The molecule has 0 aliphatic carbocycles. The molecule has 1 atom stereocenters. The Morgan fingerprint density at radius 2 is 0.830 bits per heavy atom. The number of carboxylic acid groups (broad SMARTS) is 1. The van der Waals surface area contributed by atoms with Crippen LogP contribution in [0.1, 0.15) is 104 Å². The smallest absolute Gasteiger partial charge is 0.324 e. The number of hydrogen-bond acceptors (Lipinski definition) is 12. The number of carbonyl (C=O) groups is 5. The Kier molecular flexibility index (Phi) is 16.5. The van der Waals surface area contributed by atoms with Crippen LogP contribution in [-0.4, -0.2) is 130 Å². The fourth-order valence-electron chi connectivity index (χ4n) is 4.59. The number of carboxylic acids is 1.